The molecule has 0 spiro atoms. The second-order valence-electron chi connectivity index (χ2n) is 3.85. The van der Waals surface area contributed by atoms with Crippen LogP contribution in [0.3, 0.4) is 0 Å². The van der Waals surface area contributed by atoms with E-state index >= 15 is 0 Å². The fourth-order valence-electron chi connectivity index (χ4n) is 1.67. The molecule has 1 aliphatic heterocycles. The Kier molecular flexibility index (Phi) is 3.33. The van der Waals surface area contributed by atoms with E-state index in [1.54, 1.807) is 16.2 Å². The number of thiazole rings is 1. The monoisotopic (exact) mass is 238 g/mol. The first kappa shape index (κ1) is 11.3. The second-order valence-corrected chi connectivity index (χ2v) is 5.05. The molecule has 0 bridgehead atoms. The molecule has 1 saturated heterocycles. The first-order valence-corrected chi connectivity index (χ1v) is 6.23. The van der Waals surface area contributed by atoms with Crippen LogP contribution in [-0.2, 0) is 22.6 Å². The van der Waals surface area contributed by atoms with Crippen molar-refractivity contribution in [2.24, 2.45) is 0 Å². The molecule has 86 valence electrons. The summed E-state index contributed by atoms with van der Waals surface area (Å²) in [5, 5.41) is 0.958. The van der Waals surface area contributed by atoms with Crippen molar-refractivity contribution in [2.45, 2.75) is 32.7 Å². The second kappa shape index (κ2) is 4.74. The number of nitrogens with zero attached hydrogens (tertiary/aromatic N) is 2. The van der Waals surface area contributed by atoms with Gasteiger partial charge in [-0.3, -0.25) is 9.59 Å². The summed E-state index contributed by atoms with van der Waals surface area (Å²) in [6, 6.07) is 0. The maximum atomic E-state index is 11.6. The topological polar surface area (TPSA) is 50.3 Å². The highest BCUT2D eigenvalue weighted by molar-refractivity contribution is 7.11. The summed E-state index contributed by atoms with van der Waals surface area (Å²) in [7, 11) is 0. The molecule has 1 aromatic heterocycles. The molecule has 2 heterocycles. The Labute approximate surface area is 98.3 Å². The number of hydrogen-bond donors (Lipinski definition) is 0. The molecule has 1 amide bonds. The van der Waals surface area contributed by atoms with Crippen molar-refractivity contribution < 1.29 is 9.59 Å². The predicted molar refractivity (Wildman–Crippen MR) is 61.2 cm³/mol. The molecule has 4 nitrogen and oxygen atoms in total. The Morgan fingerprint density at radius 1 is 1.50 bits per heavy atom. The van der Waals surface area contributed by atoms with Gasteiger partial charge >= 0.3 is 0 Å². The number of ketones is 1. The zero-order valence-electron chi connectivity index (χ0n) is 9.23. The van der Waals surface area contributed by atoms with Gasteiger partial charge in [0, 0.05) is 24.0 Å². The lowest BCUT2D eigenvalue weighted by atomic mass is 10.1. The normalized spacial score (nSPS) is 16.9. The largest absolute Gasteiger partial charge is 0.335 e. The van der Waals surface area contributed by atoms with Crippen molar-refractivity contribution >= 4 is 23.0 Å². The van der Waals surface area contributed by atoms with Gasteiger partial charge in [-0.1, -0.05) is 6.92 Å². The third-order valence-corrected chi connectivity index (χ3v) is 3.76. The molecule has 2 rings (SSSR count). The van der Waals surface area contributed by atoms with Gasteiger partial charge in [0.25, 0.3) is 0 Å². The van der Waals surface area contributed by atoms with Crippen molar-refractivity contribution in [2.75, 3.05) is 6.54 Å². The van der Waals surface area contributed by atoms with Gasteiger partial charge in [0.05, 0.1) is 13.0 Å². The molecule has 1 fully saturated rings. The smallest absolute Gasteiger partial charge is 0.230 e. The summed E-state index contributed by atoms with van der Waals surface area (Å²) in [6.07, 6.45) is 3.38. The van der Waals surface area contributed by atoms with Crippen molar-refractivity contribution in [3.05, 3.63) is 16.1 Å². The van der Waals surface area contributed by atoms with Gasteiger partial charge in [0.2, 0.25) is 5.91 Å². The van der Waals surface area contributed by atoms with Gasteiger partial charge in [-0.25, -0.2) is 4.98 Å². The van der Waals surface area contributed by atoms with Crippen LogP contribution in [-0.4, -0.2) is 28.1 Å². The van der Waals surface area contributed by atoms with Gasteiger partial charge < -0.3 is 4.90 Å². The molecule has 16 heavy (non-hydrogen) atoms. The van der Waals surface area contributed by atoms with Gasteiger partial charge in [0.15, 0.2) is 0 Å². The van der Waals surface area contributed by atoms with E-state index in [0.29, 0.717) is 19.5 Å². The Balaban J connectivity index is 1.99. The summed E-state index contributed by atoms with van der Waals surface area (Å²) in [6.45, 7) is 3.18. The van der Waals surface area contributed by atoms with E-state index in [1.165, 1.54) is 4.88 Å². The maximum Gasteiger partial charge on any atom is 0.230 e. The van der Waals surface area contributed by atoms with Gasteiger partial charge in [-0.05, 0) is 6.42 Å². The highest BCUT2D eigenvalue weighted by Crippen LogP contribution is 2.17. The highest BCUT2D eigenvalue weighted by Gasteiger charge is 2.24. The zero-order chi connectivity index (χ0) is 11.5. The lowest BCUT2D eigenvalue weighted by Crippen LogP contribution is -2.38. The molecule has 0 N–H and O–H groups in total. The van der Waals surface area contributed by atoms with E-state index in [2.05, 4.69) is 11.9 Å². The Bertz CT molecular complexity index is 414. The van der Waals surface area contributed by atoms with E-state index in [0.717, 1.165) is 11.4 Å². The minimum Gasteiger partial charge on any atom is -0.335 e. The number of amides is 1. The van der Waals surface area contributed by atoms with Crippen molar-refractivity contribution in [3.8, 4) is 0 Å². The third-order valence-electron chi connectivity index (χ3n) is 2.64. The van der Waals surface area contributed by atoms with E-state index in [4.69, 9.17) is 0 Å². The van der Waals surface area contributed by atoms with Crippen molar-refractivity contribution in [1.29, 1.82) is 0 Å². The van der Waals surface area contributed by atoms with Crippen LogP contribution in [0.1, 0.15) is 29.7 Å². The zero-order valence-corrected chi connectivity index (χ0v) is 10.0. The summed E-state index contributed by atoms with van der Waals surface area (Å²) in [5.41, 5.74) is 0. The van der Waals surface area contributed by atoms with Crippen LogP contribution in [0.15, 0.2) is 6.20 Å². The number of carbonyl (C=O) groups excluding carboxylic acids is 2. The Morgan fingerprint density at radius 3 is 2.94 bits per heavy atom. The van der Waals surface area contributed by atoms with Crippen LogP contribution in [0.4, 0.5) is 0 Å². The van der Waals surface area contributed by atoms with Crippen LogP contribution >= 0.6 is 11.3 Å². The van der Waals surface area contributed by atoms with E-state index in [9.17, 15) is 9.59 Å². The summed E-state index contributed by atoms with van der Waals surface area (Å²) in [5.74, 6) is -0.0147. The molecule has 0 aliphatic carbocycles. The Hall–Kier alpha value is -1.23. The molecule has 1 aliphatic rings. The molecule has 5 heteroatoms. The first-order chi connectivity index (χ1) is 7.69. The van der Waals surface area contributed by atoms with Crippen LogP contribution < -0.4 is 0 Å². The average molecular weight is 238 g/mol. The molecule has 0 radical (unpaired) electrons. The van der Waals surface area contributed by atoms with E-state index in [1.807, 2.05) is 6.20 Å². The van der Waals surface area contributed by atoms with Gasteiger partial charge in [-0.15, -0.1) is 11.3 Å². The number of carbonyl (C=O) groups is 2. The van der Waals surface area contributed by atoms with Gasteiger partial charge in [-0.2, -0.15) is 0 Å². The Morgan fingerprint density at radius 2 is 2.31 bits per heavy atom. The number of aryl methyl sites for hydroxylation is 1. The lowest BCUT2D eigenvalue weighted by molar-refractivity contribution is -0.139. The van der Waals surface area contributed by atoms with Gasteiger partial charge in [0.1, 0.15) is 10.8 Å². The molecular weight excluding hydrogens is 224 g/mol. The maximum absolute atomic E-state index is 11.6. The predicted octanol–water partition coefficient (Wildman–Crippen LogP) is 1.40. The lowest BCUT2D eigenvalue weighted by Gasteiger charge is -2.24. The SMILES string of the molecule is CCc1cnc(CN2CCC(=O)CC2=O)s1. The summed E-state index contributed by atoms with van der Waals surface area (Å²) >= 11 is 1.64. The number of rotatable bonds is 3. The quantitative estimate of drug-likeness (QED) is 0.748. The molecular formula is C11H14N2O2S. The summed E-state index contributed by atoms with van der Waals surface area (Å²) in [4.78, 5) is 29.9. The number of piperidine rings is 1. The van der Waals surface area contributed by atoms with E-state index < -0.39 is 0 Å². The highest BCUT2D eigenvalue weighted by atomic mass is 32.1. The van der Waals surface area contributed by atoms with Crippen LogP contribution in [0, 0.1) is 0 Å². The van der Waals surface area contributed by atoms with E-state index in [-0.39, 0.29) is 18.1 Å². The third kappa shape index (κ3) is 2.47. The minimum atomic E-state index is -0.0653. The number of hydrogen-bond acceptors (Lipinski definition) is 4. The minimum absolute atomic E-state index is 0.0506. The summed E-state index contributed by atoms with van der Waals surface area (Å²) < 4.78 is 0. The average Bonchev–Trinajstić information content (AvgIpc) is 2.70. The standard InChI is InChI=1S/C11H14N2O2S/c1-2-9-6-12-10(16-9)7-13-4-3-8(14)5-11(13)15/h6H,2-5,7H2,1H3. The molecule has 0 atom stereocenters. The number of aromatic nitrogens is 1. The first-order valence-electron chi connectivity index (χ1n) is 5.42. The fraction of sp³-hybridized carbons (Fsp3) is 0.545. The molecule has 0 aromatic carbocycles. The number of likely N-dealkylation sites (tertiary alicyclic amines) is 1. The van der Waals surface area contributed by atoms with Crippen molar-refractivity contribution in [1.82, 2.24) is 9.88 Å². The van der Waals surface area contributed by atoms with Crippen molar-refractivity contribution in [3.63, 3.8) is 0 Å². The van der Waals surface area contributed by atoms with Crippen LogP contribution in [0.2, 0.25) is 0 Å². The van der Waals surface area contributed by atoms with Crippen LogP contribution in [0.5, 0.6) is 0 Å². The molecule has 0 unspecified atom stereocenters. The molecule has 0 saturated carbocycles. The fourth-order valence-corrected chi connectivity index (χ4v) is 2.55. The number of Topliss-reactive ketones (excluding diaryl/α,β-unsaturated/α-hetero) is 1. The van der Waals surface area contributed by atoms with Crippen LogP contribution in [0.25, 0.3) is 0 Å². The molecule has 1 aromatic rings.